The third-order valence-corrected chi connectivity index (χ3v) is 19.6. The number of hydrogen-bond acceptors (Lipinski definition) is 7. The Bertz CT molecular complexity index is 1030. The summed E-state index contributed by atoms with van der Waals surface area (Å²) in [5, 5.41) is 22.9. The van der Waals surface area contributed by atoms with Crippen LogP contribution in [0.25, 0.3) is 0 Å². The molecule has 0 saturated heterocycles. The van der Waals surface area contributed by atoms with Crippen molar-refractivity contribution in [1.82, 2.24) is 5.09 Å². The molecule has 0 heterocycles. The molecule has 0 aromatic rings. The van der Waals surface area contributed by atoms with E-state index in [1.54, 1.807) is 0 Å². The fourth-order valence-corrected chi connectivity index (χ4v) is 14.2. The standard InChI is InChI=1S/C63H132N2O5PS2/c1-6-8-10-12-30-40-50-62(72-60-48-38-28-18-14-16-24-34-44-56-66)52-42-32-22-20-26-36-46-58-69-71(68,64-54-55-65(3,4)5)70-59-47-37-27-21-23-33-43-53-63(51-41-31-13-11-9-7-2)73-61-49-39-29-19-15-17-25-35-45-57-67/h62-63,66-67H,6-61H2,1-5H3,(H,64,68)/q+1. The Labute approximate surface area is 466 Å². The number of quaternary nitrogens is 1. The highest BCUT2D eigenvalue weighted by atomic mass is 32.2. The molecule has 0 radical (unpaired) electrons. The van der Waals surface area contributed by atoms with Gasteiger partial charge < -0.3 is 14.7 Å². The zero-order chi connectivity index (χ0) is 53.3. The largest absolute Gasteiger partial charge is 0.405 e. The first-order valence-electron chi connectivity index (χ1n) is 32.6. The van der Waals surface area contributed by atoms with Crippen molar-refractivity contribution in [3.8, 4) is 0 Å². The number of thioether (sulfide) groups is 2. The molecule has 0 saturated carbocycles. The third kappa shape index (κ3) is 58.7. The number of nitrogens with one attached hydrogen (secondary N) is 1. The highest BCUT2D eigenvalue weighted by Gasteiger charge is 2.25. The second-order valence-electron chi connectivity index (χ2n) is 23.5. The van der Waals surface area contributed by atoms with Gasteiger partial charge in [0.15, 0.2) is 0 Å². The molecule has 3 N–H and O–H groups in total. The van der Waals surface area contributed by atoms with Crippen LogP contribution in [0.15, 0.2) is 0 Å². The molecule has 0 aromatic heterocycles. The Kier molecular flexibility index (Phi) is 59.4. The maximum atomic E-state index is 13.8. The van der Waals surface area contributed by atoms with Crippen LogP contribution in [0.1, 0.15) is 322 Å². The fourth-order valence-electron chi connectivity index (χ4n) is 10.1. The molecule has 0 rings (SSSR count). The predicted molar refractivity (Wildman–Crippen MR) is 330 cm³/mol. The van der Waals surface area contributed by atoms with Crippen LogP contribution >= 0.6 is 31.3 Å². The molecule has 0 aliphatic heterocycles. The molecule has 73 heavy (non-hydrogen) atoms. The van der Waals surface area contributed by atoms with Gasteiger partial charge in [-0.2, -0.15) is 23.5 Å². The number of likely N-dealkylation sites (N-methyl/N-ethyl adjacent to an activating group) is 1. The Morgan fingerprint density at radius 3 is 0.932 bits per heavy atom. The molecule has 0 aromatic carbocycles. The summed E-state index contributed by atoms with van der Waals surface area (Å²) in [5.41, 5.74) is 0. The van der Waals surface area contributed by atoms with Crippen LogP contribution < -0.4 is 5.09 Å². The van der Waals surface area contributed by atoms with Gasteiger partial charge >= 0.3 is 7.75 Å². The van der Waals surface area contributed by atoms with Gasteiger partial charge in [-0.3, -0.25) is 9.05 Å². The summed E-state index contributed by atoms with van der Waals surface area (Å²) in [7, 11) is 3.18. The van der Waals surface area contributed by atoms with E-state index < -0.39 is 7.75 Å². The van der Waals surface area contributed by atoms with E-state index >= 15 is 0 Å². The van der Waals surface area contributed by atoms with E-state index in [1.165, 1.54) is 281 Å². The summed E-state index contributed by atoms with van der Waals surface area (Å²) in [6, 6.07) is 0. The van der Waals surface area contributed by atoms with E-state index in [-0.39, 0.29) is 0 Å². The van der Waals surface area contributed by atoms with Crippen molar-refractivity contribution in [3.05, 3.63) is 0 Å². The summed E-state index contributed by atoms with van der Waals surface area (Å²) in [5.74, 6) is 2.69. The highest BCUT2D eigenvalue weighted by molar-refractivity contribution is 8.00. The Balaban J connectivity index is 4.43. The van der Waals surface area contributed by atoms with Gasteiger partial charge in [-0.1, -0.05) is 258 Å². The van der Waals surface area contributed by atoms with Crippen molar-refractivity contribution in [1.29, 1.82) is 0 Å². The second-order valence-corrected chi connectivity index (χ2v) is 28.2. The van der Waals surface area contributed by atoms with Crippen LogP contribution in [0, 0.1) is 0 Å². The van der Waals surface area contributed by atoms with Crippen molar-refractivity contribution in [2.45, 2.75) is 333 Å². The minimum atomic E-state index is -3.32. The van der Waals surface area contributed by atoms with E-state index in [2.05, 4.69) is 63.6 Å². The minimum absolute atomic E-state index is 0.352. The molecule has 440 valence electrons. The lowest BCUT2D eigenvalue weighted by Gasteiger charge is -2.25. The normalized spacial score (nSPS) is 13.8. The Morgan fingerprint density at radius 2 is 0.644 bits per heavy atom. The van der Waals surface area contributed by atoms with Gasteiger partial charge in [-0.25, -0.2) is 9.65 Å². The van der Waals surface area contributed by atoms with Gasteiger partial charge in [-0.05, 0) is 75.7 Å². The molecule has 10 heteroatoms. The van der Waals surface area contributed by atoms with E-state index in [0.29, 0.717) is 33.0 Å². The predicted octanol–water partition coefficient (Wildman–Crippen LogP) is 20.4. The van der Waals surface area contributed by atoms with Crippen LogP contribution in [0.3, 0.4) is 0 Å². The number of aliphatic hydroxyl groups is 2. The lowest BCUT2D eigenvalue weighted by Crippen LogP contribution is -2.40. The SMILES string of the molecule is CCCCCCCCC(CCCCCCCCCOP(=O)(NCC[N+](C)(C)C)OCCCCCCCCCC(CCCCCCCC)SCCCCCCCCCCCO)SCCCCCCCCCCCO. The lowest BCUT2D eigenvalue weighted by molar-refractivity contribution is -0.869. The lowest BCUT2D eigenvalue weighted by atomic mass is 10.0. The smallest absolute Gasteiger partial charge is 0.396 e. The zero-order valence-corrected chi connectivity index (χ0v) is 52.6. The van der Waals surface area contributed by atoms with Crippen molar-refractivity contribution < 1.29 is 28.3 Å². The van der Waals surface area contributed by atoms with Crippen molar-refractivity contribution in [3.63, 3.8) is 0 Å². The monoisotopic (exact) mass is 1090 g/mol. The average molecular weight is 1090 g/mol. The Hall–Kier alpha value is 0.690. The molecule has 2 atom stereocenters. The number of nitrogens with zero attached hydrogens (tertiary/aromatic N) is 1. The molecular weight excluding hydrogens is 960 g/mol. The van der Waals surface area contributed by atoms with Gasteiger partial charge in [0.05, 0.1) is 47.4 Å². The molecule has 0 spiro atoms. The van der Waals surface area contributed by atoms with Gasteiger partial charge in [0, 0.05) is 23.7 Å². The first-order valence-corrected chi connectivity index (χ1v) is 36.2. The summed E-state index contributed by atoms with van der Waals surface area (Å²) in [6.07, 6.45) is 63.2. The third-order valence-electron chi connectivity index (χ3n) is 15.0. The van der Waals surface area contributed by atoms with Crippen molar-refractivity contribution in [2.24, 2.45) is 0 Å². The molecule has 0 aliphatic rings. The van der Waals surface area contributed by atoms with Crippen molar-refractivity contribution in [2.75, 3.05) is 72.2 Å². The summed E-state index contributed by atoms with van der Waals surface area (Å²) < 4.78 is 26.8. The number of unbranched alkanes of at least 4 members (excludes halogenated alkanes) is 38. The quantitative estimate of drug-likeness (QED) is 0.0315. The second kappa shape index (κ2) is 58.8. The summed E-state index contributed by atoms with van der Waals surface area (Å²) >= 11 is 4.58. The van der Waals surface area contributed by atoms with Crippen LogP contribution in [-0.4, -0.2) is 97.4 Å². The first-order chi connectivity index (χ1) is 35.7. The average Bonchev–Trinajstić information content (AvgIpc) is 3.37. The first kappa shape index (κ1) is 73.7. The molecule has 0 bridgehead atoms. The number of rotatable bonds is 64. The molecule has 0 amide bonds. The van der Waals surface area contributed by atoms with Gasteiger partial charge in [-0.15, -0.1) is 0 Å². The van der Waals surface area contributed by atoms with Crippen LogP contribution in [0.4, 0.5) is 0 Å². The van der Waals surface area contributed by atoms with Crippen LogP contribution in [0.2, 0.25) is 0 Å². The van der Waals surface area contributed by atoms with E-state index in [0.717, 1.165) is 60.1 Å². The highest BCUT2D eigenvalue weighted by Crippen LogP contribution is 2.44. The van der Waals surface area contributed by atoms with Crippen LogP contribution in [-0.2, 0) is 13.6 Å². The van der Waals surface area contributed by atoms with Crippen LogP contribution in [0.5, 0.6) is 0 Å². The Morgan fingerprint density at radius 1 is 0.384 bits per heavy atom. The fraction of sp³-hybridized carbons (Fsp3) is 1.00. The maximum Gasteiger partial charge on any atom is 0.405 e. The topological polar surface area (TPSA) is 88.0 Å². The maximum absolute atomic E-state index is 13.8. The zero-order valence-electron chi connectivity index (χ0n) is 50.1. The van der Waals surface area contributed by atoms with E-state index in [1.807, 2.05) is 0 Å². The molecule has 7 nitrogen and oxygen atoms in total. The summed E-state index contributed by atoms with van der Waals surface area (Å²) in [4.78, 5) is 0. The van der Waals surface area contributed by atoms with E-state index in [9.17, 15) is 4.57 Å². The molecule has 0 fully saturated rings. The minimum Gasteiger partial charge on any atom is -0.396 e. The van der Waals surface area contributed by atoms with Crippen molar-refractivity contribution >= 4 is 31.3 Å². The number of hydrogen-bond donors (Lipinski definition) is 3. The van der Waals surface area contributed by atoms with E-state index in [4.69, 9.17) is 19.3 Å². The van der Waals surface area contributed by atoms with Gasteiger partial charge in [0.25, 0.3) is 0 Å². The summed E-state index contributed by atoms with van der Waals surface area (Å²) in [6.45, 7) is 7.83. The van der Waals surface area contributed by atoms with Gasteiger partial charge in [0.1, 0.15) is 0 Å². The molecular formula is C63H132N2O5PS2+. The molecule has 2 unspecified atom stereocenters. The number of aliphatic hydroxyl groups excluding tert-OH is 2. The molecule has 0 aliphatic carbocycles. The van der Waals surface area contributed by atoms with Gasteiger partial charge in [0.2, 0.25) is 0 Å².